The van der Waals surface area contributed by atoms with E-state index in [2.05, 4.69) is 0 Å². The first kappa shape index (κ1) is 12.3. The second-order valence-corrected chi connectivity index (χ2v) is 3.60. The third-order valence-corrected chi connectivity index (χ3v) is 2.48. The Hall–Kier alpha value is -0.740. The van der Waals surface area contributed by atoms with E-state index in [1.54, 1.807) is 6.07 Å². The molecule has 2 N–H and O–H groups in total. The summed E-state index contributed by atoms with van der Waals surface area (Å²) in [5.74, 6) is -1.57. The number of benzene rings is 1. The molecule has 84 valence electrons. The van der Waals surface area contributed by atoms with Gasteiger partial charge in [0.2, 0.25) is 0 Å². The first-order valence-corrected chi connectivity index (χ1v) is 4.86. The summed E-state index contributed by atoms with van der Waals surface area (Å²) in [6.45, 7) is -0.0185. The summed E-state index contributed by atoms with van der Waals surface area (Å²) in [4.78, 5) is 0. The second-order valence-electron chi connectivity index (χ2n) is 3.19. The van der Waals surface area contributed by atoms with Crippen molar-refractivity contribution in [2.45, 2.75) is 18.5 Å². The quantitative estimate of drug-likeness (QED) is 0.857. The first-order valence-electron chi connectivity index (χ1n) is 4.48. The van der Waals surface area contributed by atoms with Crippen LogP contribution in [0.3, 0.4) is 0 Å². The minimum Gasteiger partial charge on any atom is -0.330 e. The molecule has 5 heteroatoms. The van der Waals surface area contributed by atoms with E-state index in [9.17, 15) is 13.2 Å². The van der Waals surface area contributed by atoms with Crippen molar-refractivity contribution in [2.24, 2.45) is 5.73 Å². The minimum absolute atomic E-state index is 0.0185. The molecule has 0 aliphatic rings. The lowest BCUT2D eigenvalue weighted by Gasteiger charge is -2.20. The first-order chi connectivity index (χ1) is 6.96. The summed E-state index contributed by atoms with van der Waals surface area (Å²) < 4.78 is 38.0. The summed E-state index contributed by atoms with van der Waals surface area (Å²) in [7, 11) is 0. The van der Waals surface area contributed by atoms with E-state index in [1.165, 1.54) is 18.2 Å². The number of hydrogen-bond donors (Lipinski definition) is 1. The van der Waals surface area contributed by atoms with Crippen LogP contribution in [0, 0.1) is 0 Å². The lowest BCUT2D eigenvalue weighted by molar-refractivity contribution is -0.151. The molecule has 0 radical (unpaired) electrons. The summed E-state index contributed by atoms with van der Waals surface area (Å²) in [6.07, 6.45) is -4.45. The third-order valence-electron chi connectivity index (χ3n) is 2.13. The van der Waals surface area contributed by atoms with Gasteiger partial charge in [0, 0.05) is 5.02 Å². The molecule has 0 aliphatic heterocycles. The Labute approximate surface area is 91.0 Å². The van der Waals surface area contributed by atoms with Crippen LogP contribution in [-0.2, 0) is 0 Å². The molecule has 0 amide bonds. The summed E-state index contributed by atoms with van der Waals surface area (Å²) in [6, 6.07) is 5.97. The number of hydrogen-bond acceptors (Lipinski definition) is 1. The topological polar surface area (TPSA) is 26.0 Å². The molecule has 0 aliphatic carbocycles. The van der Waals surface area contributed by atoms with Crippen molar-refractivity contribution >= 4 is 11.6 Å². The van der Waals surface area contributed by atoms with Gasteiger partial charge in [-0.15, -0.1) is 0 Å². The smallest absolute Gasteiger partial charge is 0.330 e. The Bertz CT molecular complexity index is 325. The van der Waals surface area contributed by atoms with Crippen LogP contribution in [-0.4, -0.2) is 12.7 Å². The van der Waals surface area contributed by atoms with E-state index in [1.807, 2.05) is 0 Å². The van der Waals surface area contributed by atoms with Crippen molar-refractivity contribution in [2.75, 3.05) is 6.54 Å². The zero-order valence-electron chi connectivity index (χ0n) is 7.89. The normalized spacial score (nSPS) is 13.9. The molecule has 0 saturated heterocycles. The number of alkyl halides is 3. The highest BCUT2D eigenvalue weighted by Gasteiger charge is 2.40. The highest BCUT2D eigenvalue weighted by atomic mass is 35.5. The average molecular weight is 238 g/mol. The van der Waals surface area contributed by atoms with Gasteiger partial charge in [-0.05, 0) is 24.6 Å². The highest BCUT2D eigenvalue weighted by molar-refractivity contribution is 6.31. The van der Waals surface area contributed by atoms with Gasteiger partial charge in [0.25, 0.3) is 0 Å². The maximum absolute atomic E-state index is 12.7. The molecule has 1 rings (SSSR count). The molecule has 1 nitrogen and oxygen atoms in total. The molecule has 0 fully saturated rings. The van der Waals surface area contributed by atoms with Crippen LogP contribution >= 0.6 is 11.6 Å². The van der Waals surface area contributed by atoms with Crippen LogP contribution < -0.4 is 5.73 Å². The van der Waals surface area contributed by atoms with Crippen LogP contribution in [0.2, 0.25) is 5.02 Å². The lowest BCUT2D eigenvalue weighted by Crippen LogP contribution is -2.23. The zero-order valence-corrected chi connectivity index (χ0v) is 8.65. The van der Waals surface area contributed by atoms with E-state index >= 15 is 0 Å². The molecule has 1 unspecified atom stereocenters. The Morgan fingerprint density at radius 2 is 1.87 bits per heavy atom. The fraction of sp³-hybridized carbons (Fsp3) is 0.400. The zero-order chi connectivity index (χ0) is 11.5. The number of halogens is 4. The molecule has 1 aromatic carbocycles. The van der Waals surface area contributed by atoms with Gasteiger partial charge < -0.3 is 5.73 Å². The van der Waals surface area contributed by atoms with Crippen molar-refractivity contribution < 1.29 is 13.2 Å². The molecule has 0 heterocycles. The fourth-order valence-electron chi connectivity index (χ4n) is 1.42. The molecule has 15 heavy (non-hydrogen) atoms. The number of nitrogens with two attached hydrogens (primary N) is 1. The third kappa shape index (κ3) is 3.11. The van der Waals surface area contributed by atoms with Crippen LogP contribution in [0.4, 0.5) is 13.2 Å². The van der Waals surface area contributed by atoms with Gasteiger partial charge in [0.15, 0.2) is 0 Å². The molecule has 0 bridgehead atoms. The van der Waals surface area contributed by atoms with Crippen LogP contribution in [0.25, 0.3) is 0 Å². The van der Waals surface area contributed by atoms with Crippen molar-refractivity contribution in [3.05, 3.63) is 34.9 Å². The van der Waals surface area contributed by atoms with Gasteiger partial charge in [0.05, 0.1) is 5.92 Å². The maximum atomic E-state index is 12.7. The van der Waals surface area contributed by atoms with E-state index < -0.39 is 12.1 Å². The second kappa shape index (κ2) is 4.86. The highest BCUT2D eigenvalue weighted by Crippen LogP contribution is 2.39. The monoisotopic (exact) mass is 237 g/mol. The summed E-state index contributed by atoms with van der Waals surface area (Å²) in [5, 5.41) is 0.133. The Morgan fingerprint density at radius 3 is 2.33 bits per heavy atom. The lowest BCUT2D eigenvalue weighted by atomic mass is 9.95. The number of rotatable bonds is 3. The molecule has 0 aromatic heterocycles. The summed E-state index contributed by atoms with van der Waals surface area (Å²) >= 11 is 5.72. The predicted octanol–water partition coefficient (Wildman–Crippen LogP) is 3.33. The largest absolute Gasteiger partial charge is 0.395 e. The van der Waals surface area contributed by atoms with Crippen molar-refractivity contribution in [3.63, 3.8) is 0 Å². The van der Waals surface area contributed by atoms with Gasteiger partial charge in [-0.2, -0.15) is 13.2 Å². The van der Waals surface area contributed by atoms with Gasteiger partial charge in [-0.25, -0.2) is 0 Å². The molecule has 1 atom stereocenters. The predicted molar refractivity (Wildman–Crippen MR) is 53.9 cm³/mol. The molecule has 1 aromatic rings. The standard InChI is InChI=1S/C10H11ClF3N/c11-9-4-2-1-3-7(9)8(5-6-15)10(12,13)14/h1-4,8H,5-6,15H2. The van der Waals surface area contributed by atoms with Crippen molar-refractivity contribution in [1.29, 1.82) is 0 Å². The van der Waals surface area contributed by atoms with Crippen LogP contribution in [0.15, 0.2) is 24.3 Å². The fourth-order valence-corrected chi connectivity index (χ4v) is 1.69. The van der Waals surface area contributed by atoms with Gasteiger partial charge in [0.1, 0.15) is 0 Å². The SMILES string of the molecule is NCCC(c1ccccc1Cl)C(F)(F)F. The van der Waals surface area contributed by atoms with E-state index in [4.69, 9.17) is 17.3 Å². The van der Waals surface area contributed by atoms with Gasteiger partial charge >= 0.3 is 6.18 Å². The Balaban J connectivity index is 3.05. The van der Waals surface area contributed by atoms with Crippen molar-refractivity contribution in [1.82, 2.24) is 0 Å². The summed E-state index contributed by atoms with van der Waals surface area (Å²) in [5.41, 5.74) is 5.26. The molecular formula is C10H11ClF3N. The maximum Gasteiger partial charge on any atom is 0.395 e. The van der Waals surface area contributed by atoms with Gasteiger partial charge in [-0.3, -0.25) is 0 Å². The Kier molecular flexibility index (Phi) is 3.99. The van der Waals surface area contributed by atoms with Crippen LogP contribution in [0.1, 0.15) is 17.9 Å². The van der Waals surface area contributed by atoms with Crippen molar-refractivity contribution in [3.8, 4) is 0 Å². The van der Waals surface area contributed by atoms with Crippen LogP contribution in [0.5, 0.6) is 0 Å². The van der Waals surface area contributed by atoms with Gasteiger partial charge in [-0.1, -0.05) is 29.8 Å². The molecular weight excluding hydrogens is 227 g/mol. The molecule has 0 saturated carbocycles. The minimum atomic E-state index is -4.30. The van der Waals surface area contributed by atoms with E-state index in [-0.39, 0.29) is 23.6 Å². The Morgan fingerprint density at radius 1 is 1.27 bits per heavy atom. The van der Waals surface area contributed by atoms with E-state index in [0.717, 1.165) is 0 Å². The molecule has 0 spiro atoms. The van der Waals surface area contributed by atoms with E-state index in [0.29, 0.717) is 0 Å². The average Bonchev–Trinajstić information content (AvgIpc) is 2.14.